The molecule has 0 saturated heterocycles. The molecular weight excluding hydrogens is 320 g/mol. The van der Waals surface area contributed by atoms with Gasteiger partial charge in [0, 0.05) is 24.2 Å². The predicted octanol–water partition coefficient (Wildman–Crippen LogP) is 3.29. The van der Waals surface area contributed by atoms with Crippen molar-refractivity contribution in [1.82, 2.24) is 9.55 Å². The number of benzene rings is 2. The lowest BCUT2D eigenvalue weighted by molar-refractivity contribution is 0.354. The molecule has 25 heavy (non-hydrogen) atoms. The molecule has 0 spiro atoms. The first-order chi connectivity index (χ1) is 12.2. The monoisotopic (exact) mass is 340 g/mol. The van der Waals surface area contributed by atoms with Gasteiger partial charge in [-0.1, -0.05) is 0 Å². The molecule has 6 nitrogen and oxygen atoms in total. The fraction of sp³-hybridized carbons (Fsp3) is 0.316. The molecule has 130 valence electrons. The van der Waals surface area contributed by atoms with Crippen LogP contribution < -0.4 is 18.9 Å². The molecular formula is C19H20N2O4. The lowest BCUT2D eigenvalue weighted by Gasteiger charge is -2.21. The van der Waals surface area contributed by atoms with E-state index in [9.17, 15) is 0 Å². The molecule has 6 heteroatoms. The Balaban J connectivity index is 1.96. The van der Waals surface area contributed by atoms with Gasteiger partial charge in [0.15, 0.2) is 23.0 Å². The Bertz CT molecular complexity index is 962. The summed E-state index contributed by atoms with van der Waals surface area (Å²) in [5.41, 5.74) is 4.20. The van der Waals surface area contributed by atoms with Gasteiger partial charge in [0.25, 0.3) is 0 Å². The lowest BCUT2D eigenvalue weighted by Crippen LogP contribution is -2.11. The summed E-state index contributed by atoms with van der Waals surface area (Å²) in [6.45, 7) is 0.851. The van der Waals surface area contributed by atoms with Gasteiger partial charge in [0.1, 0.15) is 5.82 Å². The number of aryl methyl sites for hydroxylation is 2. The van der Waals surface area contributed by atoms with Gasteiger partial charge in [-0.05, 0) is 24.1 Å². The Morgan fingerprint density at radius 3 is 2.08 bits per heavy atom. The van der Waals surface area contributed by atoms with Crippen molar-refractivity contribution in [3.63, 3.8) is 0 Å². The highest BCUT2D eigenvalue weighted by Crippen LogP contribution is 2.41. The molecule has 0 amide bonds. The van der Waals surface area contributed by atoms with E-state index in [0.29, 0.717) is 17.2 Å². The van der Waals surface area contributed by atoms with E-state index >= 15 is 0 Å². The van der Waals surface area contributed by atoms with Gasteiger partial charge >= 0.3 is 0 Å². The first-order valence-electron chi connectivity index (χ1n) is 8.07. The molecule has 2 aromatic carbocycles. The summed E-state index contributed by atoms with van der Waals surface area (Å²) in [6, 6.07) is 7.94. The van der Waals surface area contributed by atoms with E-state index in [1.165, 1.54) is 5.56 Å². The molecule has 1 aliphatic rings. The minimum atomic E-state index is 0.679. The zero-order valence-electron chi connectivity index (χ0n) is 14.8. The Morgan fingerprint density at radius 2 is 1.40 bits per heavy atom. The van der Waals surface area contributed by atoms with E-state index in [1.807, 2.05) is 24.3 Å². The third kappa shape index (κ3) is 2.28. The standard InChI is InChI=1S/C19H20N2O4/c1-22-15-7-11-5-6-21-14-10-18(25-4)17(24-3)9-13(14)20-19(21)12(11)8-16(15)23-2/h7-10H,5-6H2,1-4H3. The number of fused-ring (bicyclic) bond motifs is 5. The normalized spacial score (nSPS) is 12.5. The van der Waals surface area contributed by atoms with E-state index < -0.39 is 0 Å². The number of methoxy groups -OCH3 is 4. The zero-order valence-corrected chi connectivity index (χ0v) is 14.8. The van der Waals surface area contributed by atoms with Gasteiger partial charge in [0.2, 0.25) is 0 Å². The molecule has 2 heterocycles. The smallest absolute Gasteiger partial charge is 0.163 e. The number of nitrogens with zero attached hydrogens (tertiary/aromatic N) is 2. The summed E-state index contributed by atoms with van der Waals surface area (Å²) in [5, 5.41) is 0. The zero-order chi connectivity index (χ0) is 17.6. The molecule has 0 saturated carbocycles. The minimum absolute atomic E-state index is 0.679. The van der Waals surface area contributed by atoms with Crippen LogP contribution in [0.3, 0.4) is 0 Å². The van der Waals surface area contributed by atoms with Crippen LogP contribution in [0.4, 0.5) is 0 Å². The van der Waals surface area contributed by atoms with Crippen LogP contribution in [0.1, 0.15) is 5.56 Å². The molecule has 1 aromatic heterocycles. The number of hydrogen-bond acceptors (Lipinski definition) is 5. The van der Waals surface area contributed by atoms with Crippen LogP contribution in [-0.4, -0.2) is 38.0 Å². The highest BCUT2D eigenvalue weighted by Gasteiger charge is 2.24. The van der Waals surface area contributed by atoms with Gasteiger partial charge in [-0.25, -0.2) is 4.98 Å². The third-order valence-electron chi connectivity index (χ3n) is 4.71. The van der Waals surface area contributed by atoms with Gasteiger partial charge in [-0.3, -0.25) is 0 Å². The molecule has 0 fully saturated rings. The van der Waals surface area contributed by atoms with E-state index in [-0.39, 0.29) is 0 Å². The summed E-state index contributed by atoms with van der Waals surface area (Å²) in [4.78, 5) is 4.84. The van der Waals surface area contributed by atoms with E-state index in [0.717, 1.165) is 41.1 Å². The third-order valence-corrected chi connectivity index (χ3v) is 4.71. The van der Waals surface area contributed by atoms with Crippen molar-refractivity contribution >= 4 is 11.0 Å². The molecule has 0 N–H and O–H groups in total. The fourth-order valence-corrected chi connectivity index (χ4v) is 3.45. The molecule has 0 aliphatic carbocycles. The van der Waals surface area contributed by atoms with Crippen LogP contribution >= 0.6 is 0 Å². The quantitative estimate of drug-likeness (QED) is 0.729. The minimum Gasteiger partial charge on any atom is -0.493 e. The Kier molecular flexibility index (Phi) is 3.67. The van der Waals surface area contributed by atoms with Crippen LogP contribution in [0.5, 0.6) is 23.0 Å². The number of ether oxygens (including phenoxy) is 4. The second-order valence-electron chi connectivity index (χ2n) is 5.90. The van der Waals surface area contributed by atoms with Crippen molar-refractivity contribution in [3.8, 4) is 34.4 Å². The summed E-state index contributed by atoms with van der Waals surface area (Å²) in [7, 11) is 6.57. The Hall–Kier alpha value is -2.89. The number of hydrogen-bond donors (Lipinski definition) is 0. The SMILES string of the molecule is COc1cc2c(cc1OC)-c1nc3cc(OC)c(OC)cc3n1CC2. The molecule has 4 rings (SSSR count). The van der Waals surface area contributed by atoms with Crippen LogP contribution in [0.25, 0.3) is 22.4 Å². The van der Waals surface area contributed by atoms with Gasteiger partial charge in [0.05, 0.1) is 39.5 Å². The van der Waals surface area contributed by atoms with Crippen LogP contribution in [-0.2, 0) is 13.0 Å². The van der Waals surface area contributed by atoms with Crippen molar-refractivity contribution in [2.45, 2.75) is 13.0 Å². The summed E-state index contributed by atoms with van der Waals surface area (Å²) in [6.07, 6.45) is 0.905. The highest BCUT2D eigenvalue weighted by molar-refractivity contribution is 5.85. The van der Waals surface area contributed by atoms with Gasteiger partial charge in [-0.2, -0.15) is 0 Å². The maximum atomic E-state index is 5.46. The van der Waals surface area contributed by atoms with Crippen molar-refractivity contribution in [2.75, 3.05) is 28.4 Å². The van der Waals surface area contributed by atoms with Crippen LogP contribution in [0.15, 0.2) is 24.3 Å². The predicted molar refractivity (Wildman–Crippen MR) is 95.1 cm³/mol. The van der Waals surface area contributed by atoms with Crippen molar-refractivity contribution < 1.29 is 18.9 Å². The molecule has 0 radical (unpaired) electrons. The number of rotatable bonds is 4. The number of aromatic nitrogens is 2. The fourth-order valence-electron chi connectivity index (χ4n) is 3.45. The highest BCUT2D eigenvalue weighted by atomic mass is 16.5. The van der Waals surface area contributed by atoms with Crippen molar-refractivity contribution in [2.24, 2.45) is 0 Å². The second-order valence-corrected chi connectivity index (χ2v) is 5.90. The van der Waals surface area contributed by atoms with Gasteiger partial charge in [-0.15, -0.1) is 0 Å². The van der Waals surface area contributed by atoms with Crippen molar-refractivity contribution in [1.29, 1.82) is 0 Å². The Labute approximate surface area is 145 Å². The van der Waals surface area contributed by atoms with E-state index in [2.05, 4.69) is 4.57 Å². The Morgan fingerprint density at radius 1 is 0.800 bits per heavy atom. The number of imidazole rings is 1. The topological polar surface area (TPSA) is 54.7 Å². The average molecular weight is 340 g/mol. The summed E-state index contributed by atoms with van der Waals surface area (Å²) in [5.74, 6) is 3.76. The average Bonchev–Trinajstić information content (AvgIpc) is 3.03. The first-order valence-corrected chi connectivity index (χ1v) is 8.07. The second kappa shape index (κ2) is 5.88. The van der Waals surface area contributed by atoms with Gasteiger partial charge < -0.3 is 23.5 Å². The molecule has 0 bridgehead atoms. The largest absolute Gasteiger partial charge is 0.493 e. The van der Waals surface area contributed by atoms with E-state index in [1.54, 1.807) is 28.4 Å². The maximum absolute atomic E-state index is 5.46. The molecule has 0 unspecified atom stereocenters. The molecule has 0 atom stereocenters. The summed E-state index contributed by atoms with van der Waals surface area (Å²) >= 11 is 0. The molecule has 1 aliphatic heterocycles. The maximum Gasteiger partial charge on any atom is 0.163 e. The molecule has 3 aromatic rings. The van der Waals surface area contributed by atoms with Crippen LogP contribution in [0, 0.1) is 0 Å². The van der Waals surface area contributed by atoms with Crippen LogP contribution in [0.2, 0.25) is 0 Å². The lowest BCUT2D eigenvalue weighted by atomic mass is 9.99. The summed E-state index contributed by atoms with van der Waals surface area (Å²) < 4.78 is 23.9. The van der Waals surface area contributed by atoms with E-state index in [4.69, 9.17) is 23.9 Å². The first kappa shape index (κ1) is 15.6. The van der Waals surface area contributed by atoms with Crippen molar-refractivity contribution in [3.05, 3.63) is 29.8 Å².